The normalized spacial score (nSPS) is 14.6. The Kier molecular flexibility index (Phi) is 3.97. The molecular weight excluding hydrogens is 300 g/mol. The number of hydrogen-bond acceptors (Lipinski definition) is 3. The molecule has 3 rings (SSSR count). The Balaban J connectivity index is 2.14. The molecule has 1 aliphatic heterocycles. The van der Waals surface area contributed by atoms with Crippen molar-refractivity contribution in [1.29, 1.82) is 0 Å². The van der Waals surface area contributed by atoms with Gasteiger partial charge in [0, 0.05) is 12.7 Å². The summed E-state index contributed by atoms with van der Waals surface area (Å²) in [6, 6.07) is 13.5. The number of likely N-dealkylation sites (N-methyl/N-ethyl adjacent to an activating group) is 1. The van der Waals surface area contributed by atoms with Crippen LogP contribution in [-0.4, -0.2) is 23.8 Å². The van der Waals surface area contributed by atoms with E-state index >= 15 is 0 Å². The minimum atomic E-state index is -0.309. The van der Waals surface area contributed by atoms with Crippen molar-refractivity contribution in [3.8, 4) is 0 Å². The van der Waals surface area contributed by atoms with Gasteiger partial charge >= 0.3 is 0 Å². The Morgan fingerprint density at radius 2 is 1.54 bits per heavy atom. The molecule has 4 nitrogen and oxygen atoms in total. The molecule has 1 N–H and O–H groups in total. The van der Waals surface area contributed by atoms with Gasteiger partial charge in [-0.3, -0.25) is 14.5 Å². The number of anilines is 1. The zero-order chi connectivity index (χ0) is 17.4. The van der Waals surface area contributed by atoms with Gasteiger partial charge in [-0.15, -0.1) is 0 Å². The lowest BCUT2D eigenvalue weighted by Gasteiger charge is -2.11. The van der Waals surface area contributed by atoms with Crippen LogP contribution < -0.4 is 5.32 Å². The molecular formula is C20H20N2O2. The van der Waals surface area contributed by atoms with Gasteiger partial charge in [-0.1, -0.05) is 36.4 Å². The summed E-state index contributed by atoms with van der Waals surface area (Å²) in [6.07, 6.45) is 0. The van der Waals surface area contributed by atoms with Gasteiger partial charge in [0.2, 0.25) is 0 Å². The highest BCUT2D eigenvalue weighted by Gasteiger charge is 2.36. The highest BCUT2D eigenvalue weighted by molar-refractivity contribution is 6.36. The Labute approximate surface area is 141 Å². The summed E-state index contributed by atoms with van der Waals surface area (Å²) >= 11 is 0. The molecule has 0 bridgehead atoms. The van der Waals surface area contributed by atoms with Gasteiger partial charge in [0.25, 0.3) is 11.8 Å². The van der Waals surface area contributed by atoms with E-state index in [1.54, 1.807) is 0 Å². The lowest BCUT2D eigenvalue weighted by Crippen LogP contribution is -2.28. The van der Waals surface area contributed by atoms with Crippen LogP contribution in [0.4, 0.5) is 5.69 Å². The highest BCUT2D eigenvalue weighted by Crippen LogP contribution is 2.31. The van der Waals surface area contributed by atoms with Crippen molar-refractivity contribution in [2.45, 2.75) is 20.8 Å². The first-order valence-electron chi connectivity index (χ1n) is 7.87. The maximum atomic E-state index is 12.6. The van der Waals surface area contributed by atoms with Crippen LogP contribution in [0.5, 0.6) is 0 Å². The second-order valence-corrected chi connectivity index (χ2v) is 6.16. The minimum Gasteiger partial charge on any atom is -0.350 e. The number of rotatable bonds is 3. The number of carbonyl (C=O) groups is 2. The van der Waals surface area contributed by atoms with Crippen LogP contribution in [0.25, 0.3) is 5.57 Å². The third kappa shape index (κ3) is 2.60. The summed E-state index contributed by atoms with van der Waals surface area (Å²) in [5, 5.41) is 3.17. The SMILES string of the molecule is Cc1ccc(C2=C(Nc3ccccc3C)C(=O)N(C)C2=O)cc1C. The zero-order valence-electron chi connectivity index (χ0n) is 14.3. The van der Waals surface area contributed by atoms with Crippen molar-refractivity contribution in [2.75, 3.05) is 12.4 Å². The average Bonchev–Trinajstić information content (AvgIpc) is 2.77. The standard InChI is InChI=1S/C20H20N2O2/c1-12-9-10-15(11-14(12)3)17-18(20(24)22(4)19(17)23)21-16-8-6-5-7-13(16)2/h5-11,21H,1-4H3. The third-order valence-corrected chi connectivity index (χ3v) is 4.49. The molecule has 4 heteroatoms. The number of nitrogens with zero attached hydrogens (tertiary/aromatic N) is 1. The molecule has 0 unspecified atom stereocenters. The van der Waals surface area contributed by atoms with E-state index in [1.165, 1.54) is 7.05 Å². The van der Waals surface area contributed by atoms with Gasteiger partial charge in [0.1, 0.15) is 5.70 Å². The van der Waals surface area contributed by atoms with E-state index in [2.05, 4.69) is 5.32 Å². The molecule has 0 aromatic heterocycles. The first-order valence-corrected chi connectivity index (χ1v) is 7.87. The fraction of sp³-hybridized carbons (Fsp3) is 0.200. The Morgan fingerprint density at radius 3 is 2.21 bits per heavy atom. The molecule has 0 radical (unpaired) electrons. The van der Waals surface area contributed by atoms with Crippen LogP contribution >= 0.6 is 0 Å². The molecule has 0 atom stereocenters. The Morgan fingerprint density at radius 1 is 0.833 bits per heavy atom. The van der Waals surface area contributed by atoms with E-state index in [4.69, 9.17) is 0 Å². The first-order chi connectivity index (χ1) is 11.4. The topological polar surface area (TPSA) is 49.4 Å². The summed E-state index contributed by atoms with van der Waals surface area (Å²) in [5.41, 5.74) is 5.60. The molecule has 1 aliphatic rings. The van der Waals surface area contributed by atoms with Crippen LogP contribution in [0.15, 0.2) is 48.2 Å². The quantitative estimate of drug-likeness (QED) is 0.882. The van der Waals surface area contributed by atoms with Gasteiger partial charge in [-0.2, -0.15) is 0 Å². The van der Waals surface area contributed by atoms with Crippen LogP contribution in [-0.2, 0) is 9.59 Å². The summed E-state index contributed by atoms with van der Waals surface area (Å²) in [7, 11) is 1.51. The predicted octanol–water partition coefficient (Wildman–Crippen LogP) is 3.43. The molecule has 122 valence electrons. The fourth-order valence-electron chi connectivity index (χ4n) is 2.77. The molecule has 2 aromatic carbocycles. The average molecular weight is 320 g/mol. The molecule has 1 heterocycles. The number of carbonyl (C=O) groups excluding carboxylic acids is 2. The van der Waals surface area contributed by atoms with Crippen molar-refractivity contribution >= 4 is 23.1 Å². The number of para-hydroxylation sites is 1. The predicted molar refractivity (Wildman–Crippen MR) is 95.4 cm³/mol. The van der Waals surface area contributed by atoms with Crippen molar-refractivity contribution in [2.24, 2.45) is 0 Å². The molecule has 0 saturated heterocycles. The molecule has 0 aliphatic carbocycles. The maximum Gasteiger partial charge on any atom is 0.277 e. The summed E-state index contributed by atoms with van der Waals surface area (Å²) < 4.78 is 0. The van der Waals surface area contributed by atoms with Crippen LogP contribution in [0, 0.1) is 20.8 Å². The lowest BCUT2D eigenvalue weighted by atomic mass is 9.99. The van der Waals surface area contributed by atoms with E-state index in [0.29, 0.717) is 11.3 Å². The fourth-order valence-corrected chi connectivity index (χ4v) is 2.77. The first kappa shape index (κ1) is 16.0. The molecule has 24 heavy (non-hydrogen) atoms. The van der Waals surface area contributed by atoms with Crippen molar-refractivity contribution in [3.05, 3.63) is 70.4 Å². The Bertz CT molecular complexity index is 881. The number of aryl methyl sites for hydroxylation is 3. The molecule has 0 saturated carbocycles. The summed E-state index contributed by atoms with van der Waals surface area (Å²) in [4.78, 5) is 26.3. The van der Waals surface area contributed by atoms with Crippen LogP contribution in [0.2, 0.25) is 0 Å². The van der Waals surface area contributed by atoms with E-state index < -0.39 is 0 Å². The van der Waals surface area contributed by atoms with Crippen molar-refractivity contribution in [1.82, 2.24) is 4.90 Å². The maximum absolute atomic E-state index is 12.6. The Hall–Kier alpha value is -2.88. The van der Waals surface area contributed by atoms with E-state index in [9.17, 15) is 9.59 Å². The molecule has 2 amide bonds. The van der Waals surface area contributed by atoms with Crippen LogP contribution in [0.3, 0.4) is 0 Å². The number of benzene rings is 2. The second-order valence-electron chi connectivity index (χ2n) is 6.16. The van der Waals surface area contributed by atoms with Crippen molar-refractivity contribution < 1.29 is 9.59 Å². The smallest absolute Gasteiger partial charge is 0.277 e. The molecule has 2 aromatic rings. The van der Waals surface area contributed by atoms with Gasteiger partial charge in [0.15, 0.2) is 0 Å². The minimum absolute atomic E-state index is 0.278. The highest BCUT2D eigenvalue weighted by atomic mass is 16.2. The molecule has 0 spiro atoms. The number of amides is 2. The summed E-state index contributed by atoms with van der Waals surface area (Å²) in [5.74, 6) is -0.587. The van der Waals surface area contributed by atoms with Crippen LogP contribution in [0.1, 0.15) is 22.3 Å². The third-order valence-electron chi connectivity index (χ3n) is 4.49. The van der Waals surface area contributed by atoms with Gasteiger partial charge in [-0.25, -0.2) is 0 Å². The number of hydrogen-bond donors (Lipinski definition) is 1. The van der Waals surface area contributed by atoms with E-state index in [-0.39, 0.29) is 11.8 Å². The number of imide groups is 1. The second kappa shape index (κ2) is 5.96. The van der Waals surface area contributed by atoms with Gasteiger partial charge in [-0.05, 0) is 49.1 Å². The monoisotopic (exact) mass is 320 g/mol. The van der Waals surface area contributed by atoms with Gasteiger partial charge in [0.05, 0.1) is 5.57 Å². The largest absolute Gasteiger partial charge is 0.350 e. The molecule has 0 fully saturated rings. The summed E-state index contributed by atoms with van der Waals surface area (Å²) in [6.45, 7) is 5.98. The lowest BCUT2D eigenvalue weighted by molar-refractivity contribution is -0.135. The van der Waals surface area contributed by atoms with Gasteiger partial charge < -0.3 is 5.32 Å². The van der Waals surface area contributed by atoms with Crippen molar-refractivity contribution in [3.63, 3.8) is 0 Å². The van der Waals surface area contributed by atoms with E-state index in [0.717, 1.165) is 32.8 Å². The zero-order valence-corrected chi connectivity index (χ0v) is 14.3. The van der Waals surface area contributed by atoms with E-state index in [1.807, 2.05) is 63.2 Å². The number of nitrogens with one attached hydrogen (secondary N) is 1.